The van der Waals surface area contributed by atoms with E-state index >= 15 is 0 Å². The lowest BCUT2D eigenvalue weighted by molar-refractivity contribution is -0.901. The fraction of sp³-hybridized carbons (Fsp3) is 0.240. The third kappa shape index (κ3) is 3.64. The molecule has 2 heterocycles. The summed E-state index contributed by atoms with van der Waals surface area (Å²) in [5.41, 5.74) is 3.23. The van der Waals surface area contributed by atoms with Crippen LogP contribution >= 0.6 is 0 Å². The van der Waals surface area contributed by atoms with E-state index in [1.807, 2.05) is 48.5 Å². The number of hydrogen-bond acceptors (Lipinski definition) is 2. The highest BCUT2D eigenvalue weighted by molar-refractivity contribution is 5.89. The summed E-state index contributed by atoms with van der Waals surface area (Å²) >= 11 is 0. The molecule has 2 N–H and O–H groups in total. The number of fused-ring (bicyclic) bond motifs is 2. The van der Waals surface area contributed by atoms with E-state index in [0.717, 1.165) is 48.7 Å². The van der Waals surface area contributed by atoms with Crippen LogP contribution in [0.3, 0.4) is 0 Å². The van der Waals surface area contributed by atoms with Crippen LogP contribution in [-0.2, 0) is 11.3 Å². The third-order valence-electron chi connectivity index (χ3n) is 5.97. The molecule has 0 radical (unpaired) electrons. The molecule has 5 rings (SSSR count). The zero-order chi connectivity index (χ0) is 19.6. The molecule has 0 saturated carbocycles. The number of likely N-dealkylation sites (tertiary alicyclic amines) is 1. The third-order valence-corrected chi connectivity index (χ3v) is 5.97. The first-order chi connectivity index (χ1) is 14.3. The van der Waals surface area contributed by atoms with Crippen molar-refractivity contribution in [1.82, 2.24) is 5.32 Å². The van der Waals surface area contributed by atoms with Crippen molar-refractivity contribution in [2.24, 2.45) is 0 Å². The molecule has 29 heavy (non-hydrogen) atoms. The van der Waals surface area contributed by atoms with Crippen LogP contribution in [0.1, 0.15) is 29.0 Å². The molecule has 0 spiro atoms. The van der Waals surface area contributed by atoms with Crippen LogP contribution in [0.4, 0.5) is 0 Å². The van der Waals surface area contributed by atoms with Gasteiger partial charge in [0, 0.05) is 23.1 Å². The van der Waals surface area contributed by atoms with Gasteiger partial charge in [0.2, 0.25) is 5.91 Å². The molecule has 0 aliphatic carbocycles. The number of carbonyl (C=O) groups is 1. The average Bonchev–Trinajstić information content (AvgIpc) is 3.19. The highest BCUT2D eigenvalue weighted by atomic mass is 16.5. The number of rotatable bonds is 4. The molecule has 146 valence electrons. The lowest BCUT2D eigenvalue weighted by Crippen LogP contribution is -3.09. The zero-order valence-electron chi connectivity index (χ0n) is 16.3. The lowest BCUT2D eigenvalue weighted by atomic mass is 9.87. The number of quaternary nitrogens is 1. The standard InChI is InChI=1S/C25H24N2O2/c28-25(26-19-14-15-27(17-19)16-18-8-2-1-3-9-18)24-20-10-4-6-12-22(20)29-23-13-7-5-11-21(23)24/h1-13,19,24H,14-17H2,(H,26,28)/p+1/t19-/m0/s1. The Balaban J connectivity index is 1.32. The van der Waals surface area contributed by atoms with Crippen molar-refractivity contribution < 1.29 is 14.4 Å². The second-order valence-corrected chi connectivity index (χ2v) is 7.97. The van der Waals surface area contributed by atoms with E-state index in [1.54, 1.807) is 0 Å². The number of benzene rings is 3. The van der Waals surface area contributed by atoms with Gasteiger partial charge >= 0.3 is 0 Å². The maximum Gasteiger partial charge on any atom is 0.232 e. The van der Waals surface area contributed by atoms with Gasteiger partial charge in [0.15, 0.2) is 0 Å². The number of nitrogens with one attached hydrogen (secondary N) is 2. The smallest absolute Gasteiger partial charge is 0.232 e. The predicted octanol–water partition coefficient (Wildman–Crippen LogP) is 2.90. The van der Waals surface area contributed by atoms with Crippen molar-refractivity contribution in [3.63, 3.8) is 0 Å². The molecule has 1 saturated heterocycles. The molecular weight excluding hydrogens is 360 g/mol. The molecule has 0 aromatic heterocycles. The van der Waals surface area contributed by atoms with E-state index in [1.165, 1.54) is 10.5 Å². The van der Waals surface area contributed by atoms with Crippen molar-refractivity contribution >= 4 is 5.91 Å². The average molecular weight is 385 g/mol. The molecule has 1 fully saturated rings. The lowest BCUT2D eigenvalue weighted by Gasteiger charge is -2.28. The Morgan fingerprint density at radius 1 is 0.897 bits per heavy atom. The summed E-state index contributed by atoms with van der Waals surface area (Å²) in [6.45, 7) is 3.06. The van der Waals surface area contributed by atoms with Crippen molar-refractivity contribution in [3.05, 3.63) is 95.6 Å². The molecule has 4 heteroatoms. The summed E-state index contributed by atoms with van der Waals surface area (Å²) in [5.74, 6) is 1.29. The molecule has 3 aromatic carbocycles. The quantitative estimate of drug-likeness (QED) is 0.725. The molecule has 0 bridgehead atoms. The van der Waals surface area contributed by atoms with Crippen LogP contribution in [0.15, 0.2) is 78.9 Å². The highest BCUT2D eigenvalue weighted by Crippen LogP contribution is 2.43. The minimum atomic E-state index is -0.325. The van der Waals surface area contributed by atoms with Gasteiger partial charge in [-0.25, -0.2) is 0 Å². The van der Waals surface area contributed by atoms with Crippen molar-refractivity contribution in [1.29, 1.82) is 0 Å². The van der Waals surface area contributed by atoms with Gasteiger partial charge in [-0.15, -0.1) is 0 Å². The van der Waals surface area contributed by atoms with Crippen LogP contribution < -0.4 is 15.0 Å². The first kappa shape index (κ1) is 18.0. The minimum Gasteiger partial charge on any atom is -0.457 e. The van der Waals surface area contributed by atoms with Crippen LogP contribution in [-0.4, -0.2) is 25.0 Å². The van der Waals surface area contributed by atoms with Crippen molar-refractivity contribution in [2.45, 2.75) is 24.9 Å². The summed E-state index contributed by atoms with van der Waals surface area (Å²) in [6.07, 6.45) is 1.01. The van der Waals surface area contributed by atoms with Gasteiger partial charge in [-0.05, 0) is 12.1 Å². The molecule has 2 aliphatic rings. The van der Waals surface area contributed by atoms with E-state index < -0.39 is 0 Å². The predicted molar refractivity (Wildman–Crippen MR) is 112 cm³/mol. The Morgan fingerprint density at radius 2 is 1.52 bits per heavy atom. The normalized spacial score (nSPS) is 20.4. The Bertz CT molecular complexity index is 973. The van der Waals surface area contributed by atoms with Crippen LogP contribution in [0, 0.1) is 0 Å². The van der Waals surface area contributed by atoms with Gasteiger partial charge in [0.1, 0.15) is 18.0 Å². The number of carbonyl (C=O) groups excluding carboxylic acids is 1. The summed E-state index contributed by atoms with van der Waals surface area (Å²) in [5, 5.41) is 3.33. The molecule has 4 nitrogen and oxygen atoms in total. The van der Waals surface area contributed by atoms with Gasteiger partial charge < -0.3 is 15.0 Å². The van der Waals surface area contributed by atoms with E-state index in [4.69, 9.17) is 4.74 Å². The Morgan fingerprint density at radius 3 is 2.21 bits per heavy atom. The molecular formula is C25H25N2O2+. The SMILES string of the molecule is O=C(N[C@H]1CC[NH+](Cc2ccccc2)C1)C1c2ccccc2Oc2ccccc21. The van der Waals surface area contributed by atoms with Gasteiger partial charge in [-0.2, -0.15) is 0 Å². The highest BCUT2D eigenvalue weighted by Gasteiger charge is 2.35. The summed E-state index contributed by atoms with van der Waals surface area (Å²) in [6, 6.07) is 26.5. The number of hydrogen-bond donors (Lipinski definition) is 2. The topological polar surface area (TPSA) is 42.8 Å². The fourth-order valence-corrected chi connectivity index (χ4v) is 4.58. The van der Waals surface area contributed by atoms with E-state index in [9.17, 15) is 4.79 Å². The maximum atomic E-state index is 13.4. The van der Waals surface area contributed by atoms with E-state index in [-0.39, 0.29) is 17.9 Å². The molecule has 3 aromatic rings. The monoisotopic (exact) mass is 385 g/mol. The van der Waals surface area contributed by atoms with Crippen LogP contribution in [0.2, 0.25) is 0 Å². The number of ether oxygens (including phenoxy) is 1. The fourth-order valence-electron chi connectivity index (χ4n) is 4.58. The summed E-state index contributed by atoms with van der Waals surface area (Å²) in [4.78, 5) is 14.9. The Hall–Kier alpha value is -3.11. The zero-order valence-corrected chi connectivity index (χ0v) is 16.3. The molecule has 1 unspecified atom stereocenters. The number of para-hydroxylation sites is 2. The largest absolute Gasteiger partial charge is 0.457 e. The van der Waals surface area contributed by atoms with Gasteiger partial charge in [0.05, 0.1) is 25.0 Å². The first-order valence-corrected chi connectivity index (χ1v) is 10.3. The second kappa shape index (κ2) is 7.72. The summed E-state index contributed by atoms with van der Waals surface area (Å²) in [7, 11) is 0. The van der Waals surface area contributed by atoms with Gasteiger partial charge in [0.25, 0.3) is 0 Å². The maximum absolute atomic E-state index is 13.4. The van der Waals surface area contributed by atoms with E-state index in [0.29, 0.717) is 0 Å². The van der Waals surface area contributed by atoms with E-state index in [2.05, 4.69) is 35.6 Å². The number of amides is 1. The van der Waals surface area contributed by atoms with Crippen LogP contribution in [0.25, 0.3) is 0 Å². The Labute approximate surface area is 171 Å². The molecule has 1 amide bonds. The Kier molecular flexibility index (Phi) is 4.78. The second-order valence-electron chi connectivity index (χ2n) is 7.97. The van der Waals surface area contributed by atoms with Gasteiger partial charge in [-0.1, -0.05) is 66.7 Å². The first-order valence-electron chi connectivity index (χ1n) is 10.3. The van der Waals surface area contributed by atoms with Gasteiger partial charge in [-0.3, -0.25) is 4.79 Å². The van der Waals surface area contributed by atoms with Crippen molar-refractivity contribution in [3.8, 4) is 11.5 Å². The molecule has 2 aliphatic heterocycles. The molecule has 2 atom stereocenters. The van der Waals surface area contributed by atoms with Crippen LogP contribution in [0.5, 0.6) is 11.5 Å². The summed E-state index contributed by atoms with van der Waals surface area (Å²) < 4.78 is 6.03. The van der Waals surface area contributed by atoms with Crippen molar-refractivity contribution in [2.75, 3.05) is 13.1 Å². The minimum absolute atomic E-state index is 0.0687.